The Balaban J connectivity index is 2.17. The number of anilines is 1. The van der Waals surface area contributed by atoms with Crippen LogP contribution in [-0.4, -0.2) is 33.7 Å². The maximum Gasteiger partial charge on any atom is 0.460 e. The fourth-order valence-corrected chi connectivity index (χ4v) is 2.41. The summed E-state index contributed by atoms with van der Waals surface area (Å²) in [5.74, 6) is -15.4. The van der Waals surface area contributed by atoms with E-state index in [1.165, 1.54) is 17.4 Å². The summed E-state index contributed by atoms with van der Waals surface area (Å²) in [7, 11) is 0. The van der Waals surface area contributed by atoms with Crippen molar-refractivity contribution >= 4 is 34.8 Å². The number of amides is 1. The van der Waals surface area contributed by atoms with Crippen molar-refractivity contribution in [2.75, 3.05) is 5.32 Å². The number of rotatable bonds is 5. The molecule has 0 radical (unpaired) electrons. The van der Waals surface area contributed by atoms with E-state index < -0.39 is 29.6 Å². The van der Waals surface area contributed by atoms with Gasteiger partial charge < -0.3 is 5.32 Å². The zero-order valence-electron chi connectivity index (χ0n) is 12.8. The SMILES string of the molecule is O=C(Nc1cnn(Cc2c(Cl)cccc2Cl)c1)C(F)(F)C(F)(F)C(F)(F)F. The van der Waals surface area contributed by atoms with E-state index in [0.29, 0.717) is 5.56 Å². The number of nitrogens with zero attached hydrogens (tertiary/aromatic N) is 2. The minimum atomic E-state index is -6.61. The van der Waals surface area contributed by atoms with Crippen molar-refractivity contribution in [3.8, 4) is 0 Å². The number of benzene rings is 1. The van der Waals surface area contributed by atoms with Gasteiger partial charge in [-0.15, -0.1) is 0 Å². The van der Waals surface area contributed by atoms with Crippen LogP contribution in [0, 0.1) is 0 Å². The van der Waals surface area contributed by atoms with Gasteiger partial charge in [0.1, 0.15) is 0 Å². The van der Waals surface area contributed by atoms with E-state index >= 15 is 0 Å². The van der Waals surface area contributed by atoms with Crippen molar-refractivity contribution in [3.63, 3.8) is 0 Å². The summed E-state index contributed by atoms with van der Waals surface area (Å²) in [6, 6.07) is 4.58. The molecule has 13 heteroatoms. The highest BCUT2D eigenvalue weighted by molar-refractivity contribution is 6.35. The molecule has 27 heavy (non-hydrogen) atoms. The standard InChI is InChI=1S/C14H8Cl2F7N3O/c15-9-2-1-3-10(16)8(9)6-26-5-7(4-24-26)25-11(27)12(17,18)13(19,20)14(21,22)23/h1-5H,6H2,(H,25,27). The molecule has 1 aromatic carbocycles. The summed E-state index contributed by atoms with van der Waals surface area (Å²) >= 11 is 11.9. The number of aromatic nitrogens is 2. The Bertz CT molecular complexity index is 831. The van der Waals surface area contributed by atoms with E-state index in [-0.39, 0.29) is 16.6 Å². The predicted molar refractivity (Wildman–Crippen MR) is 82.4 cm³/mol. The molecule has 1 N–H and O–H groups in total. The molecule has 0 aliphatic rings. The molecule has 4 nitrogen and oxygen atoms in total. The van der Waals surface area contributed by atoms with Crippen LogP contribution in [0.2, 0.25) is 10.0 Å². The van der Waals surface area contributed by atoms with Crippen molar-refractivity contribution in [1.82, 2.24) is 9.78 Å². The van der Waals surface area contributed by atoms with Crippen molar-refractivity contribution in [2.24, 2.45) is 0 Å². The fraction of sp³-hybridized carbons (Fsp3) is 0.286. The molecule has 0 bridgehead atoms. The Hall–Kier alpha value is -2.01. The largest absolute Gasteiger partial charge is 0.460 e. The van der Waals surface area contributed by atoms with Crippen molar-refractivity contribution in [1.29, 1.82) is 0 Å². The van der Waals surface area contributed by atoms with Crippen LogP contribution in [-0.2, 0) is 11.3 Å². The van der Waals surface area contributed by atoms with Crippen molar-refractivity contribution in [2.45, 2.75) is 24.6 Å². The van der Waals surface area contributed by atoms with Crippen LogP contribution in [0.4, 0.5) is 36.4 Å². The molecule has 0 spiro atoms. The molecule has 1 amide bonds. The first-order valence-electron chi connectivity index (χ1n) is 6.86. The molecule has 1 aromatic heterocycles. The number of alkyl halides is 7. The van der Waals surface area contributed by atoms with Crippen LogP contribution in [0.1, 0.15) is 5.56 Å². The van der Waals surface area contributed by atoms with Gasteiger partial charge in [0.05, 0.1) is 18.4 Å². The monoisotopic (exact) mass is 437 g/mol. The van der Waals surface area contributed by atoms with E-state index in [0.717, 1.165) is 17.1 Å². The summed E-state index contributed by atoms with van der Waals surface area (Å²) in [5, 5.41) is 5.45. The van der Waals surface area contributed by atoms with Crippen molar-refractivity contribution in [3.05, 3.63) is 46.2 Å². The van der Waals surface area contributed by atoms with Crippen LogP contribution in [0.15, 0.2) is 30.6 Å². The second-order valence-corrected chi connectivity index (χ2v) is 6.04. The van der Waals surface area contributed by atoms with Crippen LogP contribution in [0.25, 0.3) is 0 Å². The molecule has 2 aromatic rings. The Morgan fingerprint density at radius 3 is 2.15 bits per heavy atom. The van der Waals surface area contributed by atoms with Gasteiger partial charge in [0.25, 0.3) is 0 Å². The van der Waals surface area contributed by atoms with Gasteiger partial charge in [-0.25, -0.2) is 0 Å². The molecule has 0 atom stereocenters. The van der Waals surface area contributed by atoms with Crippen LogP contribution < -0.4 is 5.32 Å². The van der Waals surface area contributed by atoms with Gasteiger partial charge >= 0.3 is 23.9 Å². The third kappa shape index (κ3) is 4.13. The van der Waals surface area contributed by atoms with E-state index in [9.17, 15) is 35.5 Å². The first-order chi connectivity index (χ1) is 12.3. The molecule has 2 rings (SSSR count). The number of hydrogen-bond donors (Lipinski definition) is 1. The highest BCUT2D eigenvalue weighted by Crippen LogP contribution is 2.46. The molecule has 0 unspecified atom stereocenters. The van der Waals surface area contributed by atoms with Gasteiger partial charge in [-0.05, 0) is 12.1 Å². The van der Waals surface area contributed by atoms with E-state index in [2.05, 4.69) is 5.10 Å². The maximum absolute atomic E-state index is 13.3. The lowest BCUT2D eigenvalue weighted by Gasteiger charge is -2.26. The minimum Gasteiger partial charge on any atom is -0.318 e. The third-order valence-electron chi connectivity index (χ3n) is 3.31. The van der Waals surface area contributed by atoms with Crippen molar-refractivity contribution < 1.29 is 35.5 Å². The lowest BCUT2D eigenvalue weighted by molar-refractivity contribution is -0.343. The topological polar surface area (TPSA) is 46.9 Å². The van der Waals surface area contributed by atoms with Gasteiger partial charge in [0, 0.05) is 21.8 Å². The normalized spacial score (nSPS) is 12.9. The summed E-state index contributed by atoms with van der Waals surface area (Å²) in [5.41, 5.74) is -0.142. The number of carbonyl (C=O) groups excluding carboxylic acids is 1. The summed E-state index contributed by atoms with van der Waals surface area (Å²) < 4.78 is 89.7. The van der Waals surface area contributed by atoms with Gasteiger partial charge in [0.2, 0.25) is 0 Å². The fourth-order valence-electron chi connectivity index (χ4n) is 1.89. The molecule has 148 valence electrons. The Kier molecular flexibility index (Phi) is 5.67. The minimum absolute atomic E-state index is 0.0799. The van der Waals surface area contributed by atoms with E-state index in [1.54, 1.807) is 6.07 Å². The van der Waals surface area contributed by atoms with Crippen LogP contribution in [0.3, 0.4) is 0 Å². The van der Waals surface area contributed by atoms with Gasteiger partial charge in [0.15, 0.2) is 0 Å². The molecule has 0 fully saturated rings. The second kappa shape index (κ2) is 7.19. The number of nitrogens with one attached hydrogen (secondary N) is 1. The zero-order chi connectivity index (χ0) is 20.6. The number of hydrogen-bond acceptors (Lipinski definition) is 2. The number of carbonyl (C=O) groups is 1. The van der Waals surface area contributed by atoms with Gasteiger partial charge in [-0.2, -0.15) is 35.8 Å². The highest BCUT2D eigenvalue weighted by Gasteiger charge is 2.76. The number of halogens is 9. The van der Waals surface area contributed by atoms with Gasteiger partial charge in [-0.1, -0.05) is 29.3 Å². The summed E-state index contributed by atoms with van der Waals surface area (Å²) in [6.45, 7) is -0.0799. The predicted octanol–water partition coefficient (Wildman–Crippen LogP) is 5.01. The third-order valence-corrected chi connectivity index (χ3v) is 4.02. The van der Waals surface area contributed by atoms with Crippen LogP contribution in [0.5, 0.6) is 0 Å². The second-order valence-electron chi connectivity index (χ2n) is 5.23. The molecular formula is C14H8Cl2F7N3O. The Morgan fingerprint density at radius 1 is 1.07 bits per heavy atom. The first kappa shape index (κ1) is 21.3. The summed E-state index contributed by atoms with van der Waals surface area (Å²) in [4.78, 5) is 11.3. The summed E-state index contributed by atoms with van der Waals surface area (Å²) in [6.07, 6.45) is -4.90. The lowest BCUT2D eigenvalue weighted by Crippen LogP contribution is -2.57. The average molecular weight is 438 g/mol. The molecule has 0 saturated heterocycles. The highest BCUT2D eigenvalue weighted by atomic mass is 35.5. The Morgan fingerprint density at radius 2 is 1.63 bits per heavy atom. The smallest absolute Gasteiger partial charge is 0.318 e. The first-order valence-corrected chi connectivity index (χ1v) is 7.62. The van der Waals surface area contributed by atoms with E-state index in [4.69, 9.17) is 23.2 Å². The lowest BCUT2D eigenvalue weighted by atomic mass is 10.1. The van der Waals surface area contributed by atoms with Crippen LogP contribution >= 0.6 is 23.2 Å². The molecule has 0 aliphatic heterocycles. The Labute approximate surface area is 156 Å². The molecule has 1 heterocycles. The molecular weight excluding hydrogens is 430 g/mol. The zero-order valence-corrected chi connectivity index (χ0v) is 14.3. The quantitative estimate of drug-likeness (QED) is 0.668. The molecule has 0 saturated carbocycles. The molecule has 0 aliphatic carbocycles. The van der Waals surface area contributed by atoms with Gasteiger partial charge in [-0.3, -0.25) is 9.48 Å². The maximum atomic E-state index is 13.3. The average Bonchev–Trinajstić information content (AvgIpc) is 2.97. The van der Waals surface area contributed by atoms with E-state index in [1.807, 2.05) is 0 Å².